The summed E-state index contributed by atoms with van der Waals surface area (Å²) in [5, 5.41) is 32.3. The maximum atomic E-state index is 11.8. The Morgan fingerprint density at radius 1 is 0.806 bits per heavy atom. The first-order chi connectivity index (χ1) is 16.9. The van der Waals surface area contributed by atoms with Gasteiger partial charge in [0, 0.05) is 30.2 Å². The van der Waals surface area contributed by atoms with Crippen LogP contribution in [0.25, 0.3) is 12.2 Å². The van der Waals surface area contributed by atoms with E-state index in [0.717, 1.165) is 11.3 Å². The molecule has 0 saturated heterocycles. The molecule has 11 heteroatoms. The lowest BCUT2D eigenvalue weighted by Gasteiger charge is -2.19. The van der Waals surface area contributed by atoms with Crippen LogP contribution in [0, 0.1) is 41.0 Å². The van der Waals surface area contributed by atoms with Crippen LogP contribution in [0.5, 0.6) is 0 Å². The van der Waals surface area contributed by atoms with Gasteiger partial charge in [0.2, 0.25) is 0 Å². The van der Waals surface area contributed by atoms with Crippen molar-refractivity contribution in [2.75, 3.05) is 4.90 Å². The predicted molar refractivity (Wildman–Crippen MR) is 140 cm³/mol. The Balaban J connectivity index is 2.17. The van der Waals surface area contributed by atoms with Crippen LogP contribution in [-0.2, 0) is 0 Å². The minimum Gasteiger partial charge on any atom is -0.323 e. The van der Waals surface area contributed by atoms with Crippen LogP contribution in [0.2, 0.25) is 0 Å². The fraction of sp³-hybridized carbons (Fsp3) is 0.360. The number of para-hydroxylation sites is 1. The highest BCUT2D eigenvalue weighted by Gasteiger charge is 2.26. The first-order valence-electron chi connectivity index (χ1n) is 11.6. The van der Waals surface area contributed by atoms with E-state index in [1.807, 2.05) is 58.9 Å². The average molecular weight is 494 g/mol. The molecular weight excluding hydrogens is 462 g/mol. The third-order valence-corrected chi connectivity index (χ3v) is 5.70. The molecule has 3 rings (SSSR count). The van der Waals surface area contributed by atoms with Crippen LogP contribution in [0.1, 0.15) is 68.1 Å². The minimum atomic E-state index is -0.428. The number of benzene rings is 1. The van der Waals surface area contributed by atoms with E-state index in [-0.39, 0.29) is 23.5 Å². The SMILES string of the molecule is Cc1ccccc1N(/C=C/c1c([N+](=O)[O-])c(C)nn1C(C)C)/C=C/c1c([N+](=O)[O-])c(C)nn1C(C)C. The molecule has 3 aromatic rings. The Kier molecular flexibility index (Phi) is 7.71. The lowest BCUT2D eigenvalue weighted by atomic mass is 10.2. The van der Waals surface area contributed by atoms with E-state index in [4.69, 9.17) is 0 Å². The van der Waals surface area contributed by atoms with Gasteiger partial charge in [-0.3, -0.25) is 29.6 Å². The highest BCUT2D eigenvalue weighted by atomic mass is 16.6. The van der Waals surface area contributed by atoms with Gasteiger partial charge in [-0.25, -0.2) is 0 Å². The van der Waals surface area contributed by atoms with Crippen molar-refractivity contribution in [2.24, 2.45) is 0 Å². The highest BCUT2D eigenvalue weighted by molar-refractivity contribution is 5.69. The molecule has 0 aliphatic heterocycles. The van der Waals surface area contributed by atoms with Crippen molar-refractivity contribution in [1.29, 1.82) is 0 Å². The molecule has 0 atom stereocenters. The van der Waals surface area contributed by atoms with Crippen molar-refractivity contribution in [3.05, 3.63) is 85.2 Å². The van der Waals surface area contributed by atoms with Gasteiger partial charge in [-0.15, -0.1) is 0 Å². The number of nitro groups is 2. The number of aromatic nitrogens is 4. The normalized spacial score (nSPS) is 11.9. The van der Waals surface area contributed by atoms with E-state index in [9.17, 15) is 20.2 Å². The summed E-state index contributed by atoms with van der Waals surface area (Å²) in [6, 6.07) is 7.46. The molecule has 0 unspecified atom stereocenters. The molecular formula is C25H31N7O4. The molecule has 0 radical (unpaired) electrons. The molecule has 190 valence electrons. The quantitative estimate of drug-likeness (QED) is 0.259. The zero-order valence-electron chi connectivity index (χ0n) is 21.5. The summed E-state index contributed by atoms with van der Waals surface area (Å²) in [7, 11) is 0. The molecule has 0 aliphatic carbocycles. The largest absolute Gasteiger partial charge is 0.323 e. The van der Waals surface area contributed by atoms with Crippen LogP contribution in [0.3, 0.4) is 0 Å². The van der Waals surface area contributed by atoms with Crippen molar-refractivity contribution in [2.45, 2.75) is 60.5 Å². The van der Waals surface area contributed by atoms with Crippen LogP contribution in [0.15, 0.2) is 36.7 Å². The Bertz CT molecular complexity index is 1270. The van der Waals surface area contributed by atoms with Gasteiger partial charge in [0.05, 0.1) is 9.85 Å². The summed E-state index contributed by atoms with van der Waals surface area (Å²) in [5.41, 5.74) is 3.06. The summed E-state index contributed by atoms with van der Waals surface area (Å²) in [6.45, 7) is 12.8. The zero-order valence-corrected chi connectivity index (χ0v) is 21.5. The van der Waals surface area contributed by atoms with Crippen LogP contribution < -0.4 is 4.90 Å². The molecule has 0 amide bonds. The number of nitrogens with zero attached hydrogens (tertiary/aromatic N) is 7. The van der Waals surface area contributed by atoms with E-state index >= 15 is 0 Å². The number of anilines is 1. The summed E-state index contributed by atoms with van der Waals surface area (Å²) in [4.78, 5) is 24.5. The fourth-order valence-corrected chi connectivity index (χ4v) is 4.03. The number of aryl methyl sites for hydroxylation is 3. The highest BCUT2D eigenvalue weighted by Crippen LogP contribution is 2.30. The second-order valence-electron chi connectivity index (χ2n) is 9.05. The summed E-state index contributed by atoms with van der Waals surface area (Å²) in [6.07, 6.45) is 6.70. The van der Waals surface area contributed by atoms with E-state index in [1.165, 1.54) is 0 Å². The smallest absolute Gasteiger partial charge is 0.317 e. The second-order valence-corrected chi connectivity index (χ2v) is 9.05. The minimum absolute atomic E-state index is 0.0576. The Hall–Kier alpha value is -4.28. The van der Waals surface area contributed by atoms with Crippen molar-refractivity contribution >= 4 is 29.2 Å². The van der Waals surface area contributed by atoms with Gasteiger partial charge in [0.1, 0.15) is 22.8 Å². The lowest BCUT2D eigenvalue weighted by molar-refractivity contribution is -0.385. The maximum absolute atomic E-state index is 11.8. The first-order valence-corrected chi connectivity index (χ1v) is 11.6. The molecule has 0 aliphatic rings. The Morgan fingerprint density at radius 3 is 1.58 bits per heavy atom. The van der Waals surface area contributed by atoms with E-state index in [2.05, 4.69) is 10.2 Å². The molecule has 2 aromatic heterocycles. The molecule has 0 fully saturated rings. The van der Waals surface area contributed by atoms with Gasteiger partial charge in [-0.2, -0.15) is 10.2 Å². The molecule has 2 heterocycles. The number of rotatable bonds is 9. The third kappa shape index (κ3) is 5.19. The average Bonchev–Trinajstić information content (AvgIpc) is 3.31. The number of hydrogen-bond donors (Lipinski definition) is 0. The van der Waals surface area contributed by atoms with E-state index in [1.54, 1.807) is 52.7 Å². The van der Waals surface area contributed by atoms with Crippen LogP contribution >= 0.6 is 0 Å². The third-order valence-electron chi connectivity index (χ3n) is 5.70. The Labute approximate surface area is 209 Å². The van der Waals surface area contributed by atoms with Crippen molar-refractivity contribution in [1.82, 2.24) is 19.6 Å². The molecule has 0 saturated carbocycles. The molecule has 1 aromatic carbocycles. The second kappa shape index (κ2) is 10.5. The molecule has 0 bridgehead atoms. The van der Waals surface area contributed by atoms with Crippen LogP contribution in [0.4, 0.5) is 17.1 Å². The van der Waals surface area contributed by atoms with Crippen LogP contribution in [-0.4, -0.2) is 29.4 Å². The van der Waals surface area contributed by atoms with Crippen molar-refractivity contribution in [3.8, 4) is 0 Å². The maximum Gasteiger partial charge on any atom is 0.317 e. The lowest BCUT2D eigenvalue weighted by Crippen LogP contribution is -2.11. The molecule has 11 nitrogen and oxygen atoms in total. The van der Waals surface area contributed by atoms with Crippen molar-refractivity contribution in [3.63, 3.8) is 0 Å². The summed E-state index contributed by atoms with van der Waals surface area (Å²) in [5.74, 6) is 0. The molecule has 0 spiro atoms. The predicted octanol–water partition coefficient (Wildman–Crippen LogP) is 6.13. The monoisotopic (exact) mass is 493 g/mol. The van der Waals surface area contributed by atoms with E-state index < -0.39 is 9.85 Å². The fourth-order valence-electron chi connectivity index (χ4n) is 4.03. The molecule has 0 N–H and O–H groups in total. The molecule has 36 heavy (non-hydrogen) atoms. The van der Waals surface area contributed by atoms with Gasteiger partial charge in [0.25, 0.3) is 0 Å². The van der Waals surface area contributed by atoms with Gasteiger partial charge in [-0.1, -0.05) is 18.2 Å². The number of hydrogen-bond acceptors (Lipinski definition) is 7. The van der Waals surface area contributed by atoms with Gasteiger partial charge >= 0.3 is 11.4 Å². The van der Waals surface area contributed by atoms with Gasteiger partial charge < -0.3 is 4.90 Å². The summed E-state index contributed by atoms with van der Waals surface area (Å²) < 4.78 is 3.23. The van der Waals surface area contributed by atoms with Crippen molar-refractivity contribution < 1.29 is 9.85 Å². The Morgan fingerprint density at radius 2 is 1.22 bits per heavy atom. The van der Waals surface area contributed by atoms with E-state index in [0.29, 0.717) is 22.8 Å². The zero-order chi connectivity index (χ0) is 26.7. The topological polar surface area (TPSA) is 125 Å². The van der Waals surface area contributed by atoms with Gasteiger partial charge in [-0.05, 0) is 72.2 Å². The van der Waals surface area contributed by atoms with Gasteiger partial charge in [0.15, 0.2) is 0 Å². The first kappa shape index (κ1) is 26.3. The summed E-state index contributed by atoms with van der Waals surface area (Å²) >= 11 is 0. The standard InChI is InChI=1S/C25H31N7O4/c1-16(2)29-22(24(31(33)34)19(6)26-29)12-14-28(21-11-9-8-10-18(21)5)15-13-23-25(32(35)36)20(7)27-30(23)17(3)4/h8-17H,1-7H3/b14-12+,15-13+.